The lowest BCUT2D eigenvalue weighted by molar-refractivity contribution is -0.384. The van der Waals surface area contributed by atoms with E-state index >= 15 is 0 Å². The molecule has 0 saturated carbocycles. The Hall–Kier alpha value is -3.49. The third-order valence-corrected chi connectivity index (χ3v) is 3.63. The zero-order valence-corrected chi connectivity index (χ0v) is 14.4. The molecule has 0 radical (unpaired) electrons. The van der Waals surface area contributed by atoms with Crippen molar-refractivity contribution < 1.29 is 24.0 Å². The molecule has 1 aromatic heterocycles. The molecule has 0 saturated heterocycles. The van der Waals surface area contributed by atoms with Crippen molar-refractivity contribution in [2.24, 2.45) is 7.05 Å². The van der Waals surface area contributed by atoms with E-state index in [-0.39, 0.29) is 17.2 Å². The standard InChI is InChI=1S/C17H17N3O6/c1-10(21)13-6-4-5-7-14(13)18-16(22)11(2)26-17(23)15-8-12(20(24)25)9-19(15)3/h4-9,11H,1-3H3,(H,18,22). The minimum absolute atomic E-state index is 0.0551. The summed E-state index contributed by atoms with van der Waals surface area (Å²) in [6.45, 7) is 2.73. The number of nitrogens with one attached hydrogen (secondary N) is 1. The van der Waals surface area contributed by atoms with Crippen LogP contribution in [0.1, 0.15) is 34.7 Å². The molecular formula is C17H17N3O6. The van der Waals surface area contributed by atoms with Crippen LogP contribution in [-0.2, 0) is 16.6 Å². The van der Waals surface area contributed by atoms with E-state index in [4.69, 9.17) is 4.74 Å². The third kappa shape index (κ3) is 4.12. The van der Waals surface area contributed by atoms with Crippen molar-refractivity contribution in [2.45, 2.75) is 20.0 Å². The van der Waals surface area contributed by atoms with E-state index in [0.717, 1.165) is 6.07 Å². The van der Waals surface area contributed by atoms with Crippen molar-refractivity contribution in [1.82, 2.24) is 4.57 Å². The Labute approximate surface area is 148 Å². The van der Waals surface area contributed by atoms with Crippen molar-refractivity contribution in [2.75, 3.05) is 5.32 Å². The maximum atomic E-state index is 12.2. The van der Waals surface area contributed by atoms with Gasteiger partial charge in [-0.1, -0.05) is 12.1 Å². The van der Waals surface area contributed by atoms with E-state index in [1.54, 1.807) is 24.3 Å². The maximum Gasteiger partial charge on any atom is 0.355 e. The number of anilines is 1. The van der Waals surface area contributed by atoms with Crippen molar-refractivity contribution in [3.63, 3.8) is 0 Å². The SMILES string of the molecule is CC(=O)c1ccccc1NC(=O)C(C)OC(=O)c1cc([N+](=O)[O-])cn1C. The Kier molecular flexibility index (Phi) is 5.51. The van der Waals surface area contributed by atoms with Crippen LogP contribution in [0.25, 0.3) is 0 Å². The fourth-order valence-corrected chi connectivity index (χ4v) is 2.26. The van der Waals surface area contributed by atoms with Crippen LogP contribution in [0.15, 0.2) is 36.5 Å². The minimum Gasteiger partial charge on any atom is -0.448 e. The van der Waals surface area contributed by atoms with Gasteiger partial charge in [0.2, 0.25) is 0 Å². The molecule has 0 fully saturated rings. The van der Waals surface area contributed by atoms with Gasteiger partial charge in [-0.2, -0.15) is 0 Å². The first-order valence-electron chi connectivity index (χ1n) is 7.63. The topological polar surface area (TPSA) is 121 Å². The second-order valence-electron chi connectivity index (χ2n) is 5.59. The summed E-state index contributed by atoms with van der Waals surface area (Å²) in [6.07, 6.45) is 0.00113. The first kappa shape index (κ1) is 18.8. The number of hydrogen-bond donors (Lipinski definition) is 1. The molecule has 1 heterocycles. The van der Waals surface area contributed by atoms with E-state index in [1.165, 1.54) is 31.7 Å². The average molecular weight is 359 g/mol. The highest BCUT2D eigenvalue weighted by molar-refractivity contribution is 6.05. The molecule has 136 valence electrons. The minimum atomic E-state index is -1.17. The summed E-state index contributed by atoms with van der Waals surface area (Å²) in [5, 5.41) is 13.3. The smallest absolute Gasteiger partial charge is 0.355 e. The highest BCUT2D eigenvalue weighted by Gasteiger charge is 2.24. The lowest BCUT2D eigenvalue weighted by atomic mass is 10.1. The van der Waals surface area contributed by atoms with E-state index in [2.05, 4.69) is 5.32 Å². The molecule has 1 atom stereocenters. The fraction of sp³-hybridized carbons (Fsp3) is 0.235. The summed E-state index contributed by atoms with van der Waals surface area (Å²) in [7, 11) is 1.46. The number of amides is 1. The summed E-state index contributed by atoms with van der Waals surface area (Å²) in [5.74, 6) is -1.72. The largest absolute Gasteiger partial charge is 0.448 e. The molecule has 1 unspecified atom stereocenters. The van der Waals surface area contributed by atoms with Crippen LogP contribution in [0.3, 0.4) is 0 Å². The van der Waals surface area contributed by atoms with E-state index in [9.17, 15) is 24.5 Å². The van der Waals surface area contributed by atoms with Crippen LogP contribution in [0.2, 0.25) is 0 Å². The van der Waals surface area contributed by atoms with Crippen molar-refractivity contribution in [3.05, 3.63) is 57.9 Å². The number of carbonyl (C=O) groups is 3. The lowest BCUT2D eigenvalue weighted by Gasteiger charge is -2.15. The predicted molar refractivity (Wildman–Crippen MR) is 92.0 cm³/mol. The number of benzene rings is 1. The first-order chi connectivity index (χ1) is 12.2. The summed E-state index contributed by atoms with van der Waals surface area (Å²) in [4.78, 5) is 46.1. The quantitative estimate of drug-likeness (QED) is 0.366. The number of aromatic nitrogens is 1. The molecule has 2 aromatic rings. The van der Waals surface area contributed by atoms with Gasteiger partial charge in [0.1, 0.15) is 5.69 Å². The Bertz CT molecular complexity index is 886. The van der Waals surface area contributed by atoms with Crippen LogP contribution in [0.5, 0.6) is 0 Å². The summed E-state index contributed by atoms with van der Waals surface area (Å²) < 4.78 is 6.31. The average Bonchev–Trinajstić information content (AvgIpc) is 2.97. The highest BCUT2D eigenvalue weighted by atomic mass is 16.6. The number of Topliss-reactive ketones (excluding diaryl/α,β-unsaturated/α-hetero) is 1. The Morgan fingerprint density at radius 2 is 1.92 bits per heavy atom. The Balaban J connectivity index is 2.09. The molecular weight excluding hydrogens is 342 g/mol. The van der Waals surface area contributed by atoms with Gasteiger partial charge in [0.25, 0.3) is 11.6 Å². The molecule has 1 N–H and O–H groups in total. The molecule has 0 aliphatic carbocycles. The van der Waals surface area contributed by atoms with Crippen LogP contribution in [0, 0.1) is 10.1 Å². The summed E-state index contributed by atoms with van der Waals surface area (Å²) in [5.41, 5.74) is 0.326. The van der Waals surface area contributed by atoms with Crippen molar-refractivity contribution in [1.29, 1.82) is 0 Å². The van der Waals surface area contributed by atoms with Gasteiger partial charge in [-0.25, -0.2) is 4.79 Å². The molecule has 1 amide bonds. The molecule has 2 rings (SSSR count). The number of para-hydroxylation sites is 1. The van der Waals surface area contributed by atoms with Crippen LogP contribution >= 0.6 is 0 Å². The number of ether oxygens (including phenoxy) is 1. The van der Waals surface area contributed by atoms with Crippen LogP contribution in [-0.4, -0.2) is 33.3 Å². The number of aryl methyl sites for hydroxylation is 1. The van der Waals surface area contributed by atoms with Gasteiger partial charge in [-0.15, -0.1) is 0 Å². The zero-order chi connectivity index (χ0) is 19.4. The van der Waals surface area contributed by atoms with E-state index in [0.29, 0.717) is 11.3 Å². The molecule has 0 aliphatic rings. The second kappa shape index (κ2) is 7.60. The first-order valence-corrected chi connectivity index (χ1v) is 7.63. The Morgan fingerprint density at radius 3 is 2.50 bits per heavy atom. The monoisotopic (exact) mass is 359 g/mol. The van der Waals surface area contributed by atoms with Gasteiger partial charge in [0.15, 0.2) is 11.9 Å². The molecule has 0 spiro atoms. The normalized spacial score (nSPS) is 11.5. The van der Waals surface area contributed by atoms with Crippen molar-refractivity contribution in [3.8, 4) is 0 Å². The zero-order valence-electron chi connectivity index (χ0n) is 14.4. The number of ketones is 1. The molecule has 0 bridgehead atoms. The molecule has 9 heteroatoms. The van der Waals surface area contributed by atoms with Gasteiger partial charge < -0.3 is 14.6 Å². The molecule has 1 aromatic carbocycles. The van der Waals surface area contributed by atoms with E-state index < -0.39 is 22.9 Å². The number of rotatable bonds is 6. The molecule has 26 heavy (non-hydrogen) atoms. The summed E-state index contributed by atoms with van der Waals surface area (Å²) in [6, 6.07) is 7.51. The lowest BCUT2D eigenvalue weighted by Crippen LogP contribution is -2.31. The van der Waals surface area contributed by atoms with Gasteiger partial charge in [0, 0.05) is 18.7 Å². The second-order valence-corrected chi connectivity index (χ2v) is 5.59. The number of esters is 1. The molecule has 0 aliphatic heterocycles. The number of hydrogen-bond acceptors (Lipinski definition) is 6. The number of carbonyl (C=O) groups excluding carboxylic acids is 3. The molecule has 9 nitrogen and oxygen atoms in total. The number of nitro groups is 1. The van der Waals surface area contributed by atoms with Crippen molar-refractivity contribution >= 4 is 29.0 Å². The van der Waals surface area contributed by atoms with Gasteiger partial charge >= 0.3 is 5.97 Å². The maximum absolute atomic E-state index is 12.2. The van der Waals surface area contributed by atoms with E-state index in [1.807, 2.05) is 0 Å². The highest BCUT2D eigenvalue weighted by Crippen LogP contribution is 2.18. The summed E-state index contributed by atoms with van der Waals surface area (Å²) >= 11 is 0. The predicted octanol–water partition coefficient (Wildman–Crippen LogP) is 2.32. The van der Waals surface area contributed by atoms with Crippen LogP contribution < -0.4 is 5.32 Å². The third-order valence-electron chi connectivity index (χ3n) is 3.63. The van der Waals surface area contributed by atoms with Gasteiger partial charge in [-0.3, -0.25) is 19.7 Å². The van der Waals surface area contributed by atoms with Crippen LogP contribution in [0.4, 0.5) is 11.4 Å². The number of nitrogens with zero attached hydrogens (tertiary/aromatic N) is 2. The Morgan fingerprint density at radius 1 is 1.27 bits per heavy atom. The van der Waals surface area contributed by atoms with Gasteiger partial charge in [0.05, 0.1) is 16.8 Å². The van der Waals surface area contributed by atoms with Gasteiger partial charge in [-0.05, 0) is 26.0 Å². The fourth-order valence-electron chi connectivity index (χ4n) is 2.26.